The van der Waals surface area contributed by atoms with Gasteiger partial charge in [-0.15, -0.1) is 0 Å². The van der Waals surface area contributed by atoms with Gasteiger partial charge in [0.1, 0.15) is 36.6 Å². The zero-order valence-electron chi connectivity index (χ0n) is 32.2. The van der Waals surface area contributed by atoms with E-state index in [1.165, 1.54) is 0 Å². The highest BCUT2D eigenvalue weighted by atomic mass is 16.7. The maximum absolute atomic E-state index is 11.1. The van der Waals surface area contributed by atoms with E-state index in [0.717, 1.165) is 12.8 Å². The van der Waals surface area contributed by atoms with Gasteiger partial charge in [0.2, 0.25) is 0 Å². The molecule has 22 nitrogen and oxygen atoms in total. The highest BCUT2D eigenvalue weighted by Gasteiger charge is 2.48. The summed E-state index contributed by atoms with van der Waals surface area (Å²) < 4.78 is 35.1. The summed E-state index contributed by atoms with van der Waals surface area (Å²) in [7, 11) is 0. The summed E-state index contributed by atoms with van der Waals surface area (Å²) in [5.41, 5.74) is 48.6. The predicted molar refractivity (Wildman–Crippen MR) is 202 cm³/mol. The number of nitrogens with two attached hydrogens (primary N) is 8. The average molecular weight is 813 g/mol. The fourth-order valence-electron chi connectivity index (χ4n) is 7.77. The summed E-state index contributed by atoms with van der Waals surface area (Å²) in [6.45, 7) is 1.72. The standard InChI is InChI=1S/C34H72N10O12/c35-9-25-23(47)7-21(41)33(53-25)55-31-19(39)5-17(37)29(27(31)49)51-13-15(45)11-43-3-1-2-4-44-12-16(46)14-52-30-18(38)6-20(40)32(28(30)50)56-34-22(42)8-24(48)26(10-36)54-34/h15-34,43-50H,1-14,35-42H2/t15?,16?,17-,18-,19+,20+,21-,22-,23+,24+,25-,26-,27-,28-,29+,30+,31-,32-,33-,34-/m1/s1. The summed E-state index contributed by atoms with van der Waals surface area (Å²) in [6, 6.07) is -3.73. The Morgan fingerprint density at radius 2 is 0.893 bits per heavy atom. The number of hydrogen-bond donors (Lipinski definition) is 16. The molecular formula is C34H72N10O12. The Bertz CT molecular complexity index is 1040. The molecule has 0 aromatic rings. The van der Waals surface area contributed by atoms with Crippen molar-refractivity contribution in [3.63, 3.8) is 0 Å². The Morgan fingerprint density at radius 3 is 1.25 bits per heavy atom. The van der Waals surface area contributed by atoms with E-state index in [2.05, 4.69) is 10.6 Å². The van der Waals surface area contributed by atoms with Crippen molar-refractivity contribution >= 4 is 0 Å². The highest BCUT2D eigenvalue weighted by molar-refractivity contribution is 5.01. The van der Waals surface area contributed by atoms with Gasteiger partial charge in [-0.05, 0) is 51.6 Å². The molecule has 2 heterocycles. The van der Waals surface area contributed by atoms with E-state index in [1.54, 1.807) is 0 Å². The van der Waals surface area contributed by atoms with Gasteiger partial charge in [0.25, 0.3) is 0 Å². The first kappa shape index (κ1) is 47.8. The van der Waals surface area contributed by atoms with Crippen molar-refractivity contribution in [1.82, 2.24) is 10.6 Å². The second-order valence-electron chi connectivity index (χ2n) is 15.8. The summed E-state index contributed by atoms with van der Waals surface area (Å²) in [5.74, 6) is 0. The molecule has 4 rings (SSSR count). The largest absolute Gasteiger partial charge is 0.390 e. The first-order valence-electron chi connectivity index (χ1n) is 19.9. The first-order valence-corrected chi connectivity index (χ1v) is 19.9. The Kier molecular flexibility index (Phi) is 19.8. The Hall–Kier alpha value is -0.880. The van der Waals surface area contributed by atoms with Crippen molar-refractivity contribution < 1.29 is 59.1 Å². The third-order valence-corrected chi connectivity index (χ3v) is 11.1. The van der Waals surface area contributed by atoms with E-state index < -0.39 is 122 Å². The van der Waals surface area contributed by atoms with Gasteiger partial charge >= 0.3 is 0 Å². The average Bonchev–Trinajstić information content (AvgIpc) is 3.14. The lowest BCUT2D eigenvalue weighted by atomic mass is 9.84. The number of ether oxygens (including phenoxy) is 6. The fraction of sp³-hybridized carbons (Fsp3) is 1.00. The smallest absolute Gasteiger partial charge is 0.173 e. The molecular weight excluding hydrogens is 740 g/mol. The first-order chi connectivity index (χ1) is 26.6. The monoisotopic (exact) mass is 813 g/mol. The second-order valence-corrected chi connectivity index (χ2v) is 15.8. The van der Waals surface area contributed by atoms with Crippen LogP contribution in [0.2, 0.25) is 0 Å². The zero-order valence-corrected chi connectivity index (χ0v) is 32.2. The van der Waals surface area contributed by atoms with Crippen LogP contribution in [0, 0.1) is 0 Å². The molecule has 4 aliphatic rings. The van der Waals surface area contributed by atoms with Gasteiger partial charge in [-0.3, -0.25) is 0 Å². The molecule has 0 radical (unpaired) electrons. The second kappa shape index (κ2) is 23.2. The minimum atomic E-state index is -1.21. The van der Waals surface area contributed by atoms with E-state index in [1.807, 2.05) is 0 Å². The Balaban J connectivity index is 1.06. The summed E-state index contributed by atoms with van der Waals surface area (Å²) in [6.07, 6.45) is -9.89. The lowest BCUT2D eigenvalue weighted by Crippen LogP contribution is -2.65. The van der Waals surface area contributed by atoms with E-state index >= 15 is 0 Å². The van der Waals surface area contributed by atoms with Crippen LogP contribution >= 0.6 is 0 Å². The van der Waals surface area contributed by atoms with Gasteiger partial charge in [-0.25, -0.2) is 0 Å². The van der Waals surface area contributed by atoms with Crippen LogP contribution in [-0.4, -0.2) is 205 Å². The molecule has 0 amide bonds. The van der Waals surface area contributed by atoms with E-state index in [0.29, 0.717) is 25.9 Å². The van der Waals surface area contributed by atoms with Gasteiger partial charge in [-0.2, -0.15) is 0 Å². The minimum Gasteiger partial charge on any atom is -0.390 e. The predicted octanol–water partition coefficient (Wildman–Crippen LogP) is -8.43. The number of hydrogen-bond acceptors (Lipinski definition) is 22. The number of unbranched alkanes of at least 4 members (excludes halogenated alkanes) is 1. The van der Waals surface area contributed by atoms with Crippen molar-refractivity contribution in [2.75, 3.05) is 52.5 Å². The molecule has 2 aliphatic heterocycles. The Morgan fingerprint density at radius 1 is 0.536 bits per heavy atom. The van der Waals surface area contributed by atoms with Crippen molar-refractivity contribution in [3.05, 3.63) is 0 Å². The van der Waals surface area contributed by atoms with E-state index in [9.17, 15) is 30.6 Å². The summed E-state index contributed by atoms with van der Waals surface area (Å²) >= 11 is 0. The van der Waals surface area contributed by atoms with Crippen LogP contribution in [0.5, 0.6) is 0 Å². The fourth-order valence-corrected chi connectivity index (χ4v) is 7.77. The van der Waals surface area contributed by atoms with Crippen LogP contribution in [0.1, 0.15) is 38.5 Å². The van der Waals surface area contributed by atoms with Crippen LogP contribution in [0.15, 0.2) is 0 Å². The Labute approximate surface area is 328 Å². The molecule has 22 heteroatoms. The SMILES string of the molecule is NC[C@H]1O[C@H](O[C@H]2[C@H](O)[C@@H](OCC(O)CNCCCCNCC(O)CO[C@@H]3[C@@H](O)[C@H](O[C@H]4O[C@H](CN)[C@@H](O)C[C@H]4N)[C@@H](N)C[C@H]3N)[C@H](N)C[C@@H]2N)[C@H](N)C[C@@H]1O. The van der Waals surface area contributed by atoms with Gasteiger partial charge in [-0.1, -0.05) is 0 Å². The van der Waals surface area contributed by atoms with Crippen LogP contribution in [-0.2, 0) is 28.4 Å². The quantitative estimate of drug-likeness (QED) is 0.0478. The maximum Gasteiger partial charge on any atom is 0.173 e. The van der Waals surface area contributed by atoms with Crippen molar-refractivity contribution in [1.29, 1.82) is 0 Å². The number of rotatable bonds is 21. The number of aliphatic hydroxyl groups excluding tert-OH is 6. The molecule has 330 valence electrons. The molecule has 4 fully saturated rings. The van der Waals surface area contributed by atoms with Crippen molar-refractivity contribution in [3.8, 4) is 0 Å². The molecule has 2 saturated heterocycles. The normalized spacial score (nSPS) is 43.4. The molecule has 20 atom stereocenters. The van der Waals surface area contributed by atoms with Crippen molar-refractivity contribution in [2.45, 2.75) is 161 Å². The van der Waals surface area contributed by atoms with Crippen LogP contribution < -0.4 is 56.5 Å². The van der Waals surface area contributed by atoms with E-state index in [-0.39, 0.29) is 52.2 Å². The summed E-state index contributed by atoms with van der Waals surface area (Å²) in [4.78, 5) is 0. The van der Waals surface area contributed by atoms with Crippen LogP contribution in [0.4, 0.5) is 0 Å². The highest BCUT2D eigenvalue weighted by Crippen LogP contribution is 2.30. The third kappa shape index (κ3) is 13.3. The zero-order chi connectivity index (χ0) is 41.1. The maximum atomic E-state index is 11.1. The lowest BCUT2D eigenvalue weighted by molar-refractivity contribution is -0.270. The molecule has 24 N–H and O–H groups in total. The molecule has 0 spiro atoms. The van der Waals surface area contributed by atoms with Gasteiger partial charge in [0.05, 0.1) is 61.9 Å². The minimum absolute atomic E-state index is 0.0754. The van der Waals surface area contributed by atoms with Crippen molar-refractivity contribution in [2.24, 2.45) is 45.9 Å². The third-order valence-electron chi connectivity index (χ3n) is 11.1. The number of aliphatic hydroxyl groups is 6. The molecule has 56 heavy (non-hydrogen) atoms. The lowest BCUT2D eigenvalue weighted by Gasteiger charge is -2.45. The van der Waals surface area contributed by atoms with Crippen LogP contribution in [0.3, 0.4) is 0 Å². The molecule has 2 aliphatic carbocycles. The summed E-state index contributed by atoms with van der Waals surface area (Å²) in [5, 5.41) is 69.8. The molecule has 0 aromatic heterocycles. The number of nitrogens with one attached hydrogen (secondary N) is 2. The van der Waals surface area contributed by atoms with Gasteiger partial charge in [0.15, 0.2) is 12.6 Å². The molecule has 2 saturated carbocycles. The molecule has 0 bridgehead atoms. The van der Waals surface area contributed by atoms with E-state index in [4.69, 9.17) is 74.3 Å². The van der Waals surface area contributed by atoms with Gasteiger partial charge < -0.3 is 116 Å². The van der Waals surface area contributed by atoms with Crippen LogP contribution in [0.25, 0.3) is 0 Å². The topological polar surface area (TPSA) is 409 Å². The molecule has 2 unspecified atom stereocenters. The molecule has 0 aromatic carbocycles. The van der Waals surface area contributed by atoms with Gasteiger partial charge in [0, 0.05) is 50.3 Å².